The van der Waals surface area contributed by atoms with Crippen molar-refractivity contribution in [1.29, 1.82) is 0 Å². The molecule has 1 aromatic heterocycles. The van der Waals surface area contributed by atoms with Crippen molar-refractivity contribution in [2.45, 2.75) is 59.9 Å². The van der Waals surface area contributed by atoms with E-state index in [1.165, 1.54) is 25.9 Å². The summed E-state index contributed by atoms with van der Waals surface area (Å²) in [6.07, 6.45) is 4.43. The number of aliphatic imine (C=N–C) groups is 1. The van der Waals surface area contributed by atoms with Crippen LogP contribution in [0.4, 0.5) is 0 Å². The second-order valence-corrected chi connectivity index (χ2v) is 6.91. The Kier molecular flexibility index (Phi) is 8.25. The van der Waals surface area contributed by atoms with Crippen LogP contribution in [0.5, 0.6) is 0 Å². The lowest BCUT2D eigenvalue weighted by Gasteiger charge is -2.30. The molecule has 1 aromatic rings. The third kappa shape index (κ3) is 6.03. The zero-order valence-corrected chi connectivity index (χ0v) is 16.4. The summed E-state index contributed by atoms with van der Waals surface area (Å²) in [7, 11) is 0. The highest BCUT2D eigenvalue weighted by molar-refractivity contribution is 5.79. The molecule has 0 bridgehead atoms. The van der Waals surface area contributed by atoms with Gasteiger partial charge in [-0.25, -0.2) is 4.99 Å². The van der Waals surface area contributed by atoms with Crippen molar-refractivity contribution < 1.29 is 4.52 Å². The first-order chi connectivity index (χ1) is 12.2. The number of aromatic nitrogens is 1. The number of guanidine groups is 1. The normalized spacial score (nSPS) is 19.2. The SMILES string of the molecule is CCNC(=NCc1c(CC)noc1CC)NCCN1CCCC(C)C1. The first kappa shape index (κ1) is 19.8. The minimum absolute atomic E-state index is 0.617. The molecule has 0 spiro atoms. The summed E-state index contributed by atoms with van der Waals surface area (Å²) in [6, 6.07) is 0. The summed E-state index contributed by atoms with van der Waals surface area (Å²) < 4.78 is 5.43. The zero-order valence-electron chi connectivity index (χ0n) is 16.4. The molecule has 25 heavy (non-hydrogen) atoms. The Morgan fingerprint density at radius 2 is 2.12 bits per heavy atom. The van der Waals surface area contributed by atoms with Crippen LogP contribution in [-0.2, 0) is 19.4 Å². The average Bonchev–Trinajstić information content (AvgIpc) is 3.01. The Morgan fingerprint density at radius 1 is 1.28 bits per heavy atom. The molecule has 6 nitrogen and oxygen atoms in total. The summed E-state index contributed by atoms with van der Waals surface area (Å²) in [6.45, 7) is 14.5. The van der Waals surface area contributed by atoms with Gasteiger partial charge in [-0.1, -0.05) is 25.9 Å². The molecule has 0 amide bonds. The highest BCUT2D eigenvalue weighted by atomic mass is 16.5. The fourth-order valence-corrected chi connectivity index (χ4v) is 3.44. The summed E-state index contributed by atoms with van der Waals surface area (Å²) in [5.74, 6) is 2.65. The number of aryl methyl sites for hydroxylation is 2. The maximum absolute atomic E-state index is 5.43. The van der Waals surface area contributed by atoms with E-state index in [2.05, 4.69) is 48.4 Å². The van der Waals surface area contributed by atoms with Crippen LogP contribution < -0.4 is 10.6 Å². The number of nitrogens with one attached hydrogen (secondary N) is 2. The number of likely N-dealkylation sites (tertiary alicyclic amines) is 1. The van der Waals surface area contributed by atoms with Crippen LogP contribution in [0.25, 0.3) is 0 Å². The van der Waals surface area contributed by atoms with Crippen molar-refractivity contribution in [1.82, 2.24) is 20.7 Å². The van der Waals surface area contributed by atoms with Crippen molar-refractivity contribution in [3.8, 4) is 0 Å². The van der Waals surface area contributed by atoms with E-state index in [-0.39, 0.29) is 0 Å². The summed E-state index contributed by atoms with van der Waals surface area (Å²) in [5, 5.41) is 11.0. The van der Waals surface area contributed by atoms with Gasteiger partial charge >= 0.3 is 0 Å². The monoisotopic (exact) mass is 349 g/mol. The Morgan fingerprint density at radius 3 is 2.80 bits per heavy atom. The van der Waals surface area contributed by atoms with Gasteiger partial charge in [0.1, 0.15) is 5.76 Å². The van der Waals surface area contributed by atoms with Crippen molar-refractivity contribution in [2.24, 2.45) is 10.9 Å². The van der Waals surface area contributed by atoms with E-state index in [0.29, 0.717) is 6.54 Å². The van der Waals surface area contributed by atoms with E-state index in [0.717, 1.165) is 61.4 Å². The predicted molar refractivity (Wildman–Crippen MR) is 103 cm³/mol. The Bertz CT molecular complexity index is 518. The third-order valence-electron chi connectivity index (χ3n) is 4.81. The largest absolute Gasteiger partial charge is 0.361 e. The minimum atomic E-state index is 0.617. The van der Waals surface area contributed by atoms with Crippen LogP contribution in [0.1, 0.15) is 57.6 Å². The lowest BCUT2D eigenvalue weighted by Crippen LogP contribution is -2.43. The number of piperidine rings is 1. The molecule has 0 radical (unpaired) electrons. The van der Waals surface area contributed by atoms with E-state index in [9.17, 15) is 0 Å². The van der Waals surface area contributed by atoms with Gasteiger partial charge in [0.05, 0.1) is 12.2 Å². The van der Waals surface area contributed by atoms with E-state index in [4.69, 9.17) is 9.52 Å². The first-order valence-electron chi connectivity index (χ1n) is 9.88. The van der Waals surface area contributed by atoms with Crippen LogP contribution in [0.2, 0.25) is 0 Å². The highest BCUT2D eigenvalue weighted by Gasteiger charge is 2.16. The third-order valence-corrected chi connectivity index (χ3v) is 4.81. The topological polar surface area (TPSA) is 65.7 Å². The van der Waals surface area contributed by atoms with Crippen LogP contribution in [0.15, 0.2) is 9.52 Å². The van der Waals surface area contributed by atoms with Gasteiger partial charge in [-0.2, -0.15) is 0 Å². The molecule has 0 aliphatic carbocycles. The van der Waals surface area contributed by atoms with Crippen LogP contribution in [0, 0.1) is 5.92 Å². The van der Waals surface area contributed by atoms with Crippen molar-refractivity contribution in [3.63, 3.8) is 0 Å². The predicted octanol–water partition coefficient (Wildman–Crippen LogP) is 2.59. The molecule has 2 heterocycles. The van der Waals surface area contributed by atoms with Gasteiger partial charge in [-0.3, -0.25) is 0 Å². The lowest BCUT2D eigenvalue weighted by molar-refractivity contribution is 0.187. The van der Waals surface area contributed by atoms with Gasteiger partial charge in [0.15, 0.2) is 5.96 Å². The molecule has 1 unspecified atom stereocenters. The van der Waals surface area contributed by atoms with Crippen molar-refractivity contribution in [3.05, 3.63) is 17.0 Å². The molecule has 2 N–H and O–H groups in total. The second kappa shape index (κ2) is 10.4. The van der Waals surface area contributed by atoms with Gasteiger partial charge in [0, 0.05) is 38.2 Å². The van der Waals surface area contributed by atoms with Gasteiger partial charge in [-0.15, -0.1) is 0 Å². The molecular weight excluding hydrogens is 314 g/mol. The Balaban J connectivity index is 1.88. The summed E-state index contributed by atoms with van der Waals surface area (Å²) >= 11 is 0. The standard InChI is InChI=1S/C19H35N5O/c1-5-17-16(18(6-2)25-23-17)13-22-19(20-7-3)21-10-12-24-11-8-9-15(4)14-24/h15H,5-14H2,1-4H3,(H2,20,21,22). The smallest absolute Gasteiger partial charge is 0.191 e. The van der Waals surface area contributed by atoms with Gasteiger partial charge in [0.25, 0.3) is 0 Å². The van der Waals surface area contributed by atoms with Crippen LogP contribution in [-0.4, -0.2) is 48.7 Å². The zero-order chi connectivity index (χ0) is 18.1. The maximum Gasteiger partial charge on any atom is 0.191 e. The minimum Gasteiger partial charge on any atom is -0.361 e. The van der Waals surface area contributed by atoms with Crippen LogP contribution in [0.3, 0.4) is 0 Å². The molecule has 1 fully saturated rings. The molecule has 1 atom stereocenters. The van der Waals surface area contributed by atoms with Gasteiger partial charge in [0.2, 0.25) is 0 Å². The van der Waals surface area contributed by atoms with Crippen LogP contribution >= 0.6 is 0 Å². The number of nitrogens with zero attached hydrogens (tertiary/aromatic N) is 3. The van der Waals surface area contributed by atoms with E-state index in [1.54, 1.807) is 0 Å². The lowest BCUT2D eigenvalue weighted by atomic mass is 10.0. The molecule has 1 aliphatic rings. The van der Waals surface area contributed by atoms with E-state index >= 15 is 0 Å². The number of hydrogen-bond acceptors (Lipinski definition) is 4. The van der Waals surface area contributed by atoms with Crippen molar-refractivity contribution >= 4 is 5.96 Å². The second-order valence-electron chi connectivity index (χ2n) is 6.91. The Hall–Kier alpha value is -1.56. The molecule has 142 valence electrons. The number of rotatable bonds is 8. The molecule has 1 aliphatic heterocycles. The first-order valence-corrected chi connectivity index (χ1v) is 9.88. The fraction of sp³-hybridized carbons (Fsp3) is 0.789. The molecule has 0 saturated carbocycles. The van der Waals surface area contributed by atoms with E-state index < -0.39 is 0 Å². The summed E-state index contributed by atoms with van der Waals surface area (Å²) in [4.78, 5) is 7.30. The number of hydrogen-bond donors (Lipinski definition) is 2. The molecule has 2 rings (SSSR count). The molecular formula is C19H35N5O. The molecule has 6 heteroatoms. The molecule has 0 aromatic carbocycles. The maximum atomic E-state index is 5.43. The quantitative estimate of drug-likeness (QED) is 0.558. The van der Waals surface area contributed by atoms with E-state index in [1.807, 2.05) is 0 Å². The van der Waals surface area contributed by atoms with Gasteiger partial charge < -0.3 is 20.1 Å². The highest BCUT2D eigenvalue weighted by Crippen LogP contribution is 2.17. The summed E-state index contributed by atoms with van der Waals surface area (Å²) in [5.41, 5.74) is 2.17. The van der Waals surface area contributed by atoms with Gasteiger partial charge in [-0.05, 0) is 38.6 Å². The average molecular weight is 350 g/mol. The fourth-order valence-electron chi connectivity index (χ4n) is 3.44. The molecule has 1 saturated heterocycles. The Labute approximate surface area is 152 Å². The van der Waals surface area contributed by atoms with Crippen molar-refractivity contribution in [2.75, 3.05) is 32.7 Å².